The Labute approximate surface area is 187 Å². The fraction of sp³-hybridized carbons (Fsp3) is 0.417. The molecule has 1 aliphatic rings. The number of hydrogen-bond donors (Lipinski definition) is 0. The average molecular weight is 444 g/mol. The molecule has 0 spiro atoms. The zero-order chi connectivity index (χ0) is 23.2. The van der Waals surface area contributed by atoms with Crippen molar-refractivity contribution in [3.63, 3.8) is 0 Å². The molecule has 1 saturated heterocycles. The van der Waals surface area contributed by atoms with E-state index < -0.39 is 35.7 Å². The van der Waals surface area contributed by atoms with Gasteiger partial charge < -0.3 is 28.4 Å². The molecule has 32 heavy (non-hydrogen) atoms. The third-order valence-corrected chi connectivity index (χ3v) is 5.38. The third-order valence-electron chi connectivity index (χ3n) is 5.38. The van der Waals surface area contributed by atoms with Crippen LogP contribution in [0.1, 0.15) is 25.0 Å². The molecule has 0 unspecified atom stereocenters. The second kappa shape index (κ2) is 10.2. The van der Waals surface area contributed by atoms with E-state index in [1.54, 1.807) is 13.8 Å². The molecule has 3 rings (SSSR count). The van der Waals surface area contributed by atoms with Crippen molar-refractivity contribution in [2.75, 3.05) is 14.2 Å². The van der Waals surface area contributed by atoms with Crippen molar-refractivity contribution in [2.24, 2.45) is 0 Å². The van der Waals surface area contributed by atoms with Gasteiger partial charge in [-0.05, 0) is 25.0 Å². The lowest BCUT2D eigenvalue weighted by Crippen LogP contribution is -2.68. The second-order valence-corrected chi connectivity index (χ2v) is 7.56. The number of esters is 2. The highest BCUT2D eigenvalue weighted by molar-refractivity contribution is 5.85. The lowest BCUT2D eigenvalue weighted by atomic mass is 10.0. The van der Waals surface area contributed by atoms with Gasteiger partial charge in [-0.25, -0.2) is 9.59 Å². The SMILES string of the molecule is COC(=O)[C@@H]1O[C@@](C)(OCc2ccccc2)[C@](C)(OCc2ccccc2)O[C@H]1C(=O)OC. The summed E-state index contributed by atoms with van der Waals surface area (Å²) < 4.78 is 34.0. The summed E-state index contributed by atoms with van der Waals surface area (Å²) in [6, 6.07) is 18.9. The molecular weight excluding hydrogens is 416 g/mol. The van der Waals surface area contributed by atoms with Crippen molar-refractivity contribution < 1.29 is 38.0 Å². The van der Waals surface area contributed by atoms with E-state index in [0.29, 0.717) is 0 Å². The van der Waals surface area contributed by atoms with Gasteiger partial charge in [0.05, 0.1) is 27.4 Å². The second-order valence-electron chi connectivity index (χ2n) is 7.56. The van der Waals surface area contributed by atoms with Crippen LogP contribution in [-0.4, -0.2) is 49.9 Å². The predicted molar refractivity (Wildman–Crippen MR) is 113 cm³/mol. The standard InChI is InChI=1S/C24H28O8/c1-23(29-15-17-11-7-5-8-12-17)24(2,30-16-18-13-9-6-10-14-18)32-20(22(26)28-4)19(31-23)21(25)27-3/h5-14,19-20H,15-16H2,1-4H3/t19-,20-,23-,24-/m1/s1. The Balaban J connectivity index is 1.91. The summed E-state index contributed by atoms with van der Waals surface area (Å²) in [5.74, 6) is -4.72. The van der Waals surface area contributed by atoms with Crippen LogP contribution in [0.3, 0.4) is 0 Å². The van der Waals surface area contributed by atoms with Crippen LogP contribution >= 0.6 is 0 Å². The first kappa shape index (κ1) is 23.9. The first-order valence-corrected chi connectivity index (χ1v) is 10.2. The van der Waals surface area contributed by atoms with Gasteiger partial charge in [0, 0.05) is 0 Å². The molecule has 0 radical (unpaired) electrons. The molecule has 0 aliphatic carbocycles. The lowest BCUT2D eigenvalue weighted by molar-refractivity contribution is -0.452. The predicted octanol–water partition coefficient (Wildman–Crippen LogP) is 2.98. The van der Waals surface area contributed by atoms with E-state index in [0.717, 1.165) is 11.1 Å². The summed E-state index contributed by atoms with van der Waals surface area (Å²) in [5, 5.41) is 0. The maximum Gasteiger partial charge on any atom is 0.338 e. The molecule has 2 aromatic rings. The molecule has 1 aliphatic heterocycles. The average Bonchev–Trinajstić information content (AvgIpc) is 2.83. The molecule has 4 atom stereocenters. The summed E-state index contributed by atoms with van der Waals surface area (Å²) >= 11 is 0. The summed E-state index contributed by atoms with van der Waals surface area (Å²) in [4.78, 5) is 24.8. The van der Waals surface area contributed by atoms with Crippen molar-refractivity contribution in [3.05, 3.63) is 71.8 Å². The minimum atomic E-state index is -1.57. The highest BCUT2D eigenvalue weighted by Crippen LogP contribution is 2.41. The Morgan fingerprint density at radius 3 is 1.38 bits per heavy atom. The Kier molecular flexibility index (Phi) is 7.63. The van der Waals surface area contributed by atoms with Gasteiger partial charge in [-0.2, -0.15) is 0 Å². The third kappa shape index (κ3) is 5.16. The number of benzene rings is 2. The van der Waals surface area contributed by atoms with Crippen LogP contribution in [0.15, 0.2) is 60.7 Å². The minimum Gasteiger partial charge on any atom is -0.467 e. The topological polar surface area (TPSA) is 89.5 Å². The van der Waals surface area contributed by atoms with Crippen molar-refractivity contribution in [1.29, 1.82) is 0 Å². The van der Waals surface area contributed by atoms with Crippen LogP contribution in [0.4, 0.5) is 0 Å². The molecule has 0 aromatic heterocycles. The van der Waals surface area contributed by atoms with E-state index in [-0.39, 0.29) is 13.2 Å². The zero-order valence-electron chi connectivity index (χ0n) is 18.6. The molecule has 1 fully saturated rings. The van der Waals surface area contributed by atoms with Crippen LogP contribution in [0.2, 0.25) is 0 Å². The number of carbonyl (C=O) groups excluding carboxylic acids is 2. The molecule has 1 heterocycles. The van der Waals surface area contributed by atoms with Crippen molar-refractivity contribution in [2.45, 2.75) is 50.8 Å². The molecule has 0 saturated carbocycles. The highest BCUT2D eigenvalue weighted by Gasteiger charge is 2.61. The lowest BCUT2D eigenvalue weighted by Gasteiger charge is -2.51. The van der Waals surface area contributed by atoms with E-state index in [9.17, 15) is 9.59 Å². The Bertz CT molecular complexity index is 827. The molecule has 8 nitrogen and oxygen atoms in total. The Morgan fingerprint density at radius 2 is 1.06 bits per heavy atom. The van der Waals surface area contributed by atoms with Gasteiger partial charge in [0.25, 0.3) is 0 Å². The highest BCUT2D eigenvalue weighted by atomic mass is 16.8. The summed E-state index contributed by atoms with van der Waals surface area (Å²) in [6.45, 7) is 3.51. The van der Waals surface area contributed by atoms with Crippen LogP contribution in [0, 0.1) is 0 Å². The van der Waals surface area contributed by atoms with Crippen molar-refractivity contribution >= 4 is 11.9 Å². The van der Waals surface area contributed by atoms with Gasteiger partial charge in [-0.3, -0.25) is 0 Å². The summed E-state index contributed by atoms with van der Waals surface area (Å²) in [7, 11) is 2.39. The van der Waals surface area contributed by atoms with E-state index in [2.05, 4.69) is 0 Å². The summed E-state index contributed by atoms with van der Waals surface area (Å²) in [6.07, 6.45) is -2.80. The van der Waals surface area contributed by atoms with E-state index in [4.69, 9.17) is 28.4 Å². The van der Waals surface area contributed by atoms with Gasteiger partial charge >= 0.3 is 11.9 Å². The fourth-order valence-corrected chi connectivity index (χ4v) is 3.32. The summed E-state index contributed by atoms with van der Waals surface area (Å²) in [5.41, 5.74) is 1.76. The number of ether oxygens (including phenoxy) is 6. The zero-order valence-corrected chi connectivity index (χ0v) is 18.6. The quantitative estimate of drug-likeness (QED) is 0.574. The fourth-order valence-electron chi connectivity index (χ4n) is 3.32. The molecule has 0 bridgehead atoms. The van der Waals surface area contributed by atoms with Crippen molar-refractivity contribution in [3.8, 4) is 0 Å². The van der Waals surface area contributed by atoms with Gasteiger partial charge in [-0.1, -0.05) is 60.7 Å². The largest absolute Gasteiger partial charge is 0.467 e. The van der Waals surface area contributed by atoms with Gasteiger partial charge in [-0.15, -0.1) is 0 Å². The Hall–Kier alpha value is -2.78. The van der Waals surface area contributed by atoms with Gasteiger partial charge in [0.1, 0.15) is 0 Å². The number of methoxy groups -OCH3 is 2. The molecule has 2 aromatic carbocycles. The Morgan fingerprint density at radius 1 is 0.719 bits per heavy atom. The van der Waals surface area contributed by atoms with Gasteiger partial charge in [0.2, 0.25) is 11.6 Å². The number of carbonyl (C=O) groups is 2. The van der Waals surface area contributed by atoms with E-state index in [1.807, 2.05) is 60.7 Å². The maximum atomic E-state index is 12.4. The first-order chi connectivity index (χ1) is 15.3. The molecule has 172 valence electrons. The maximum absolute atomic E-state index is 12.4. The van der Waals surface area contributed by atoms with Crippen LogP contribution < -0.4 is 0 Å². The van der Waals surface area contributed by atoms with Crippen LogP contribution in [0.25, 0.3) is 0 Å². The van der Waals surface area contributed by atoms with E-state index >= 15 is 0 Å². The van der Waals surface area contributed by atoms with Crippen molar-refractivity contribution in [1.82, 2.24) is 0 Å². The monoisotopic (exact) mass is 444 g/mol. The van der Waals surface area contributed by atoms with Gasteiger partial charge in [0.15, 0.2) is 12.2 Å². The first-order valence-electron chi connectivity index (χ1n) is 10.2. The molecule has 0 amide bonds. The minimum absolute atomic E-state index is 0.155. The molecule has 8 heteroatoms. The van der Waals surface area contributed by atoms with E-state index in [1.165, 1.54) is 14.2 Å². The number of rotatable bonds is 8. The number of hydrogen-bond acceptors (Lipinski definition) is 8. The van der Waals surface area contributed by atoms with Crippen LogP contribution in [0.5, 0.6) is 0 Å². The van der Waals surface area contributed by atoms with Crippen LogP contribution in [-0.2, 0) is 51.2 Å². The molecular formula is C24H28O8. The normalized spacial score (nSPS) is 27.5. The smallest absolute Gasteiger partial charge is 0.338 e. The molecule has 0 N–H and O–H groups in total.